The van der Waals surface area contributed by atoms with Gasteiger partial charge in [0.1, 0.15) is 0 Å². The van der Waals surface area contributed by atoms with E-state index in [2.05, 4.69) is 33.9 Å². The molecule has 1 fully saturated rings. The first-order valence-corrected chi connectivity index (χ1v) is 10.9. The Hall–Kier alpha value is -1.07. The van der Waals surface area contributed by atoms with Crippen molar-refractivity contribution in [3.8, 4) is 0 Å². The van der Waals surface area contributed by atoms with E-state index in [1.807, 2.05) is 0 Å². The van der Waals surface area contributed by atoms with Gasteiger partial charge in [-0.1, -0.05) is 20.8 Å². The van der Waals surface area contributed by atoms with Crippen LogP contribution in [-0.2, 0) is 18.7 Å². The van der Waals surface area contributed by atoms with Gasteiger partial charge in [0.15, 0.2) is 8.32 Å². The minimum Gasteiger partial charge on any atom is -0.473 e. The van der Waals surface area contributed by atoms with Crippen molar-refractivity contribution in [3.63, 3.8) is 0 Å². The van der Waals surface area contributed by atoms with E-state index in [1.165, 1.54) is 7.11 Å². The molecule has 5 heteroatoms. The molecule has 1 saturated carbocycles. The second-order valence-corrected chi connectivity index (χ2v) is 12.4. The summed E-state index contributed by atoms with van der Waals surface area (Å²) < 4.78 is 16.9. The minimum atomic E-state index is -1.85. The normalized spacial score (nSPS) is 28.5. The molecule has 0 N–H and O–H groups in total. The minimum absolute atomic E-state index is 0.0537. The molecule has 0 aromatic carbocycles. The summed E-state index contributed by atoms with van der Waals surface area (Å²) in [6, 6.07) is 0. The van der Waals surface area contributed by atoms with Crippen LogP contribution in [0.2, 0.25) is 18.1 Å². The molecule has 0 bridgehead atoms. The lowest BCUT2D eigenvalue weighted by molar-refractivity contribution is -0.144. The third kappa shape index (κ3) is 3.30. The number of hydrogen-bond acceptors (Lipinski definition) is 4. The first-order valence-electron chi connectivity index (χ1n) is 7.95. The maximum absolute atomic E-state index is 12.0. The van der Waals surface area contributed by atoms with Gasteiger partial charge < -0.3 is 13.9 Å². The van der Waals surface area contributed by atoms with Gasteiger partial charge in [0, 0.05) is 5.92 Å². The Balaban J connectivity index is 2.19. The van der Waals surface area contributed by atoms with E-state index >= 15 is 0 Å². The van der Waals surface area contributed by atoms with Gasteiger partial charge >= 0.3 is 5.97 Å². The average Bonchev–Trinajstić information content (AvgIpc) is 2.68. The summed E-state index contributed by atoms with van der Waals surface area (Å²) >= 11 is 0. The maximum atomic E-state index is 12.0. The van der Waals surface area contributed by atoms with Gasteiger partial charge in [-0.15, -0.1) is 0 Å². The van der Waals surface area contributed by atoms with Crippen LogP contribution in [0.3, 0.4) is 0 Å². The van der Waals surface area contributed by atoms with Crippen LogP contribution in [0.15, 0.2) is 24.2 Å². The van der Waals surface area contributed by atoms with Gasteiger partial charge in [0.2, 0.25) is 0 Å². The van der Waals surface area contributed by atoms with Crippen LogP contribution >= 0.6 is 0 Å². The molecule has 4 nitrogen and oxygen atoms in total. The zero-order chi connectivity index (χ0) is 16.5. The van der Waals surface area contributed by atoms with E-state index in [-0.39, 0.29) is 28.9 Å². The highest BCUT2D eigenvalue weighted by Gasteiger charge is 2.45. The van der Waals surface area contributed by atoms with Crippen LogP contribution in [0.5, 0.6) is 0 Å². The van der Waals surface area contributed by atoms with E-state index in [4.69, 9.17) is 13.9 Å². The molecule has 0 saturated heterocycles. The summed E-state index contributed by atoms with van der Waals surface area (Å²) in [6.45, 7) is 11.2. The summed E-state index contributed by atoms with van der Waals surface area (Å²) in [4.78, 5) is 12.0. The number of hydrogen-bond donors (Lipinski definition) is 0. The van der Waals surface area contributed by atoms with Gasteiger partial charge in [0.05, 0.1) is 31.7 Å². The molecule has 0 radical (unpaired) electrons. The molecule has 1 heterocycles. The van der Waals surface area contributed by atoms with Crippen LogP contribution in [0.1, 0.15) is 33.6 Å². The predicted molar refractivity (Wildman–Crippen MR) is 88.6 cm³/mol. The van der Waals surface area contributed by atoms with Crippen molar-refractivity contribution in [1.82, 2.24) is 0 Å². The molecular weight excluding hydrogens is 296 g/mol. The van der Waals surface area contributed by atoms with Crippen molar-refractivity contribution in [1.29, 1.82) is 0 Å². The molecular formula is C17H28O4Si. The number of methoxy groups -OCH3 is 1. The Bertz CT molecular complexity index is 487. The van der Waals surface area contributed by atoms with Crippen LogP contribution in [-0.4, -0.2) is 27.5 Å². The number of carbonyl (C=O) groups excluding carboxylic acids is 1. The van der Waals surface area contributed by atoms with Crippen LogP contribution < -0.4 is 0 Å². The number of rotatable bonds is 3. The Kier molecular flexibility index (Phi) is 4.87. The first-order chi connectivity index (χ1) is 10.2. The second kappa shape index (κ2) is 6.20. The summed E-state index contributed by atoms with van der Waals surface area (Å²) in [5.74, 6) is -0.349. The third-order valence-electron chi connectivity index (χ3n) is 5.26. The summed E-state index contributed by atoms with van der Waals surface area (Å²) in [5.41, 5.74) is 1.10. The van der Waals surface area contributed by atoms with Gasteiger partial charge in [-0.2, -0.15) is 0 Å². The first kappa shape index (κ1) is 17.3. The van der Waals surface area contributed by atoms with Crippen LogP contribution in [0.25, 0.3) is 0 Å². The fourth-order valence-electron chi connectivity index (χ4n) is 2.87. The lowest BCUT2D eigenvalue weighted by Gasteiger charge is -2.39. The lowest BCUT2D eigenvalue weighted by atomic mass is 9.88. The number of carbonyl (C=O) groups is 1. The molecule has 1 aliphatic heterocycles. The maximum Gasteiger partial charge on any atom is 0.313 e. The van der Waals surface area contributed by atoms with Crippen LogP contribution in [0, 0.1) is 11.8 Å². The second-order valence-electron chi connectivity index (χ2n) is 7.68. The highest BCUT2D eigenvalue weighted by molar-refractivity contribution is 6.74. The summed E-state index contributed by atoms with van der Waals surface area (Å²) in [7, 11) is -0.419. The Labute approximate surface area is 134 Å². The van der Waals surface area contributed by atoms with Gasteiger partial charge in [-0.3, -0.25) is 4.79 Å². The van der Waals surface area contributed by atoms with Gasteiger partial charge in [-0.05, 0) is 42.6 Å². The highest BCUT2D eigenvalue weighted by Crippen LogP contribution is 2.45. The molecule has 2 aliphatic rings. The quantitative estimate of drug-likeness (QED) is 0.581. The molecule has 0 amide bonds. The monoisotopic (exact) mass is 324 g/mol. The van der Waals surface area contributed by atoms with E-state index in [1.54, 1.807) is 18.6 Å². The van der Waals surface area contributed by atoms with E-state index in [0.717, 1.165) is 18.4 Å². The highest BCUT2D eigenvalue weighted by atomic mass is 28.4. The van der Waals surface area contributed by atoms with Crippen molar-refractivity contribution < 1.29 is 18.7 Å². The molecule has 1 aliphatic carbocycles. The van der Waals surface area contributed by atoms with E-state index in [0.29, 0.717) is 0 Å². The smallest absolute Gasteiger partial charge is 0.313 e. The molecule has 0 unspecified atom stereocenters. The molecule has 124 valence electrons. The molecule has 0 aromatic heterocycles. The van der Waals surface area contributed by atoms with E-state index in [9.17, 15) is 4.79 Å². The Morgan fingerprint density at radius 3 is 2.59 bits per heavy atom. The zero-order valence-corrected chi connectivity index (χ0v) is 15.5. The lowest BCUT2D eigenvalue weighted by Crippen LogP contribution is -2.44. The van der Waals surface area contributed by atoms with E-state index < -0.39 is 8.32 Å². The van der Waals surface area contributed by atoms with Gasteiger partial charge in [0.25, 0.3) is 0 Å². The molecule has 22 heavy (non-hydrogen) atoms. The Morgan fingerprint density at radius 1 is 1.32 bits per heavy atom. The SMILES string of the molecule is COC(=O)[C@@H]1C=COC=C2[C@H]1CC[C@H]2O[Si](C)(C)C(C)(C)C. The molecule has 3 atom stereocenters. The third-order valence-corrected chi connectivity index (χ3v) is 9.74. The average molecular weight is 324 g/mol. The number of fused-ring (bicyclic) bond motifs is 1. The fraction of sp³-hybridized carbons (Fsp3) is 0.706. The molecule has 0 spiro atoms. The van der Waals surface area contributed by atoms with Crippen LogP contribution in [0.4, 0.5) is 0 Å². The molecule has 2 rings (SSSR count). The Morgan fingerprint density at radius 2 is 2.00 bits per heavy atom. The zero-order valence-electron chi connectivity index (χ0n) is 14.5. The molecule has 0 aromatic rings. The van der Waals surface area contributed by atoms with Gasteiger partial charge in [-0.25, -0.2) is 0 Å². The van der Waals surface area contributed by atoms with Crippen molar-refractivity contribution in [3.05, 3.63) is 24.2 Å². The summed E-state index contributed by atoms with van der Waals surface area (Å²) in [6.07, 6.45) is 7.07. The fourth-order valence-corrected chi connectivity index (χ4v) is 4.19. The topological polar surface area (TPSA) is 44.8 Å². The summed E-state index contributed by atoms with van der Waals surface area (Å²) in [5, 5.41) is 0.164. The van der Waals surface area contributed by atoms with Crippen molar-refractivity contribution >= 4 is 14.3 Å². The predicted octanol–water partition coefficient (Wildman–Crippen LogP) is 4.00. The largest absolute Gasteiger partial charge is 0.473 e. The van der Waals surface area contributed by atoms with Crippen molar-refractivity contribution in [2.24, 2.45) is 11.8 Å². The van der Waals surface area contributed by atoms with Crippen molar-refractivity contribution in [2.45, 2.75) is 57.8 Å². The van der Waals surface area contributed by atoms with Crippen molar-refractivity contribution in [2.75, 3.05) is 7.11 Å². The number of ether oxygens (including phenoxy) is 2. The number of esters is 1. The standard InChI is InChI=1S/C17H28O4Si/c1-17(2,3)22(5,6)21-15-8-7-12-13(16(18)19-4)9-10-20-11-14(12)15/h9-13,15H,7-8H2,1-6H3/t12-,13+,15+/m0/s1.